The lowest BCUT2D eigenvalue weighted by Gasteiger charge is -2.59. The van der Waals surface area contributed by atoms with Crippen LogP contribution >= 0.6 is 0 Å². The fourth-order valence-corrected chi connectivity index (χ4v) is 5.68. The van der Waals surface area contributed by atoms with Gasteiger partial charge in [0, 0.05) is 24.5 Å². The van der Waals surface area contributed by atoms with Crippen molar-refractivity contribution in [1.82, 2.24) is 10.2 Å². The summed E-state index contributed by atoms with van der Waals surface area (Å²) in [7, 11) is 1.79. The summed E-state index contributed by atoms with van der Waals surface area (Å²) in [6, 6.07) is 7.62. The molecular formula is C20H28N2O. The number of rotatable bonds is 3. The molecule has 4 aliphatic rings. The van der Waals surface area contributed by atoms with E-state index in [4.69, 9.17) is 4.74 Å². The van der Waals surface area contributed by atoms with Gasteiger partial charge in [-0.25, -0.2) is 0 Å². The van der Waals surface area contributed by atoms with Crippen LogP contribution in [0.15, 0.2) is 18.2 Å². The van der Waals surface area contributed by atoms with Crippen molar-refractivity contribution < 1.29 is 4.74 Å². The Labute approximate surface area is 139 Å². The molecule has 124 valence electrons. The van der Waals surface area contributed by atoms with Crippen LogP contribution in [-0.2, 0) is 11.8 Å². The molecule has 0 aromatic heterocycles. The molecule has 1 unspecified atom stereocenters. The lowest BCUT2D eigenvalue weighted by atomic mass is 9.54. The van der Waals surface area contributed by atoms with Gasteiger partial charge >= 0.3 is 0 Å². The third-order valence-corrected chi connectivity index (χ3v) is 7.07. The molecule has 2 heterocycles. The van der Waals surface area contributed by atoms with Gasteiger partial charge in [-0.3, -0.25) is 4.90 Å². The molecule has 3 atom stereocenters. The summed E-state index contributed by atoms with van der Waals surface area (Å²) in [4.78, 5) is 2.85. The zero-order valence-corrected chi connectivity index (χ0v) is 14.2. The lowest BCUT2D eigenvalue weighted by molar-refractivity contribution is -0.00557. The summed E-state index contributed by atoms with van der Waals surface area (Å²) < 4.78 is 5.55. The first-order valence-corrected chi connectivity index (χ1v) is 9.42. The van der Waals surface area contributed by atoms with E-state index in [0.717, 1.165) is 23.6 Å². The Kier molecular flexibility index (Phi) is 3.24. The molecule has 1 N–H and O–H groups in total. The summed E-state index contributed by atoms with van der Waals surface area (Å²) in [5, 5.41) is 3.70. The zero-order chi connectivity index (χ0) is 15.4. The van der Waals surface area contributed by atoms with Crippen molar-refractivity contribution in [2.75, 3.05) is 33.3 Å². The molecule has 3 nitrogen and oxygen atoms in total. The van der Waals surface area contributed by atoms with Gasteiger partial charge in [0.1, 0.15) is 5.75 Å². The Morgan fingerprint density at radius 2 is 2.22 bits per heavy atom. The van der Waals surface area contributed by atoms with E-state index >= 15 is 0 Å². The van der Waals surface area contributed by atoms with E-state index in [-0.39, 0.29) is 0 Å². The molecule has 2 aliphatic carbocycles. The number of benzene rings is 1. The van der Waals surface area contributed by atoms with Crippen molar-refractivity contribution in [3.8, 4) is 5.75 Å². The first-order valence-electron chi connectivity index (χ1n) is 9.42. The van der Waals surface area contributed by atoms with E-state index in [1.807, 2.05) is 0 Å². The largest absolute Gasteiger partial charge is 0.497 e. The normalized spacial score (nSPS) is 36.2. The van der Waals surface area contributed by atoms with Crippen LogP contribution in [0.1, 0.15) is 36.8 Å². The molecule has 23 heavy (non-hydrogen) atoms. The summed E-state index contributed by atoms with van der Waals surface area (Å²) in [6.07, 6.45) is 6.80. The SMILES string of the molecule is COc1ccc2c(c1)C13CCNC[C@H]1[C@@H](C2)N(CC1CC1)CC3. The van der Waals surface area contributed by atoms with Gasteiger partial charge in [0.2, 0.25) is 0 Å². The van der Waals surface area contributed by atoms with Crippen molar-refractivity contribution >= 4 is 0 Å². The van der Waals surface area contributed by atoms with Crippen LogP contribution in [0.3, 0.4) is 0 Å². The van der Waals surface area contributed by atoms with Gasteiger partial charge in [-0.15, -0.1) is 0 Å². The van der Waals surface area contributed by atoms with E-state index in [1.54, 1.807) is 18.2 Å². The highest BCUT2D eigenvalue weighted by Crippen LogP contribution is 2.53. The summed E-state index contributed by atoms with van der Waals surface area (Å²) in [6.45, 7) is 5.02. The Hall–Kier alpha value is -1.06. The molecule has 1 aromatic rings. The molecule has 0 spiro atoms. The minimum Gasteiger partial charge on any atom is -0.497 e. The number of methoxy groups -OCH3 is 1. The maximum Gasteiger partial charge on any atom is 0.119 e. The molecule has 2 aliphatic heterocycles. The zero-order valence-electron chi connectivity index (χ0n) is 14.2. The Morgan fingerprint density at radius 1 is 1.30 bits per heavy atom. The predicted octanol–water partition coefficient (Wildman–Crippen LogP) is 2.58. The lowest BCUT2D eigenvalue weighted by Crippen LogP contribution is -2.65. The Morgan fingerprint density at radius 3 is 3.04 bits per heavy atom. The van der Waals surface area contributed by atoms with Gasteiger partial charge in [0.05, 0.1) is 7.11 Å². The van der Waals surface area contributed by atoms with Gasteiger partial charge in [-0.2, -0.15) is 0 Å². The van der Waals surface area contributed by atoms with Crippen molar-refractivity contribution in [2.24, 2.45) is 11.8 Å². The Bertz CT molecular complexity index is 612. The monoisotopic (exact) mass is 312 g/mol. The van der Waals surface area contributed by atoms with Crippen molar-refractivity contribution in [3.05, 3.63) is 29.3 Å². The molecule has 5 rings (SSSR count). The van der Waals surface area contributed by atoms with Crippen LogP contribution < -0.4 is 10.1 Å². The molecule has 3 fully saturated rings. The quantitative estimate of drug-likeness (QED) is 0.928. The highest BCUT2D eigenvalue weighted by molar-refractivity contribution is 5.45. The average molecular weight is 312 g/mol. The molecule has 0 radical (unpaired) electrons. The second-order valence-electron chi connectivity index (χ2n) is 8.20. The number of piperidine rings is 2. The highest BCUT2D eigenvalue weighted by Gasteiger charge is 2.54. The minimum atomic E-state index is 0.401. The number of nitrogens with zero attached hydrogens (tertiary/aromatic N) is 1. The number of fused-ring (bicyclic) bond motifs is 1. The van der Waals surface area contributed by atoms with Crippen LogP contribution in [0.5, 0.6) is 5.75 Å². The fraction of sp³-hybridized carbons (Fsp3) is 0.700. The minimum absolute atomic E-state index is 0.401. The van der Waals surface area contributed by atoms with E-state index in [2.05, 4.69) is 28.4 Å². The predicted molar refractivity (Wildman–Crippen MR) is 92.1 cm³/mol. The summed E-state index contributed by atoms with van der Waals surface area (Å²) >= 11 is 0. The third-order valence-electron chi connectivity index (χ3n) is 7.07. The molecular weight excluding hydrogens is 284 g/mol. The smallest absolute Gasteiger partial charge is 0.119 e. The standard InChI is InChI=1S/C20H28N2O/c1-23-16-5-4-15-10-19-18-12-21-8-6-20(18,17(15)11-16)7-9-22(19)13-14-2-3-14/h4-5,11,14,18-19,21H,2-3,6-10,12-13H2,1H3/t18-,19+,20?/m0/s1. The molecule has 3 heteroatoms. The highest BCUT2D eigenvalue weighted by atomic mass is 16.5. The second-order valence-corrected chi connectivity index (χ2v) is 8.20. The van der Waals surface area contributed by atoms with Gasteiger partial charge < -0.3 is 10.1 Å². The first kappa shape index (κ1) is 14.3. The maximum atomic E-state index is 5.55. The average Bonchev–Trinajstić information content (AvgIpc) is 3.41. The molecule has 2 bridgehead atoms. The number of ether oxygens (including phenoxy) is 1. The fourth-order valence-electron chi connectivity index (χ4n) is 5.68. The van der Waals surface area contributed by atoms with E-state index in [1.165, 1.54) is 58.3 Å². The van der Waals surface area contributed by atoms with Gasteiger partial charge in [0.15, 0.2) is 0 Å². The third kappa shape index (κ3) is 2.16. The van der Waals surface area contributed by atoms with E-state index in [9.17, 15) is 0 Å². The van der Waals surface area contributed by atoms with Gasteiger partial charge in [0.25, 0.3) is 0 Å². The first-order chi connectivity index (χ1) is 11.3. The summed E-state index contributed by atoms with van der Waals surface area (Å²) in [5.41, 5.74) is 3.61. The van der Waals surface area contributed by atoms with Gasteiger partial charge in [-0.1, -0.05) is 6.07 Å². The number of likely N-dealkylation sites (tertiary alicyclic amines) is 1. The number of nitrogens with one attached hydrogen (secondary N) is 1. The molecule has 2 saturated heterocycles. The van der Waals surface area contributed by atoms with Crippen molar-refractivity contribution in [3.63, 3.8) is 0 Å². The van der Waals surface area contributed by atoms with Crippen LogP contribution in [-0.4, -0.2) is 44.2 Å². The van der Waals surface area contributed by atoms with Crippen molar-refractivity contribution in [1.29, 1.82) is 0 Å². The Balaban J connectivity index is 1.57. The van der Waals surface area contributed by atoms with Crippen LogP contribution in [0.25, 0.3) is 0 Å². The number of hydrogen-bond donors (Lipinski definition) is 1. The molecule has 0 amide bonds. The summed E-state index contributed by atoms with van der Waals surface area (Å²) in [5.74, 6) is 2.81. The number of hydrogen-bond acceptors (Lipinski definition) is 3. The van der Waals surface area contributed by atoms with Gasteiger partial charge in [-0.05, 0) is 80.3 Å². The molecule has 1 saturated carbocycles. The van der Waals surface area contributed by atoms with E-state index in [0.29, 0.717) is 5.41 Å². The topological polar surface area (TPSA) is 24.5 Å². The maximum absolute atomic E-state index is 5.55. The molecule has 1 aromatic carbocycles. The van der Waals surface area contributed by atoms with Crippen LogP contribution in [0.2, 0.25) is 0 Å². The van der Waals surface area contributed by atoms with E-state index < -0.39 is 0 Å². The van der Waals surface area contributed by atoms with Crippen molar-refractivity contribution in [2.45, 2.75) is 43.6 Å². The van der Waals surface area contributed by atoms with Crippen LogP contribution in [0, 0.1) is 11.8 Å². The second kappa shape index (κ2) is 5.22. The van der Waals surface area contributed by atoms with Crippen LogP contribution in [0.4, 0.5) is 0 Å².